The Hall–Kier alpha value is -2.27. The number of carbonyl (C=O) groups excluding carboxylic acids is 1. The molecule has 1 aliphatic rings. The minimum absolute atomic E-state index is 0.00910. The summed E-state index contributed by atoms with van der Waals surface area (Å²) in [6.07, 6.45) is 4.93. The second-order valence-corrected chi connectivity index (χ2v) is 11.3. The lowest BCUT2D eigenvalue weighted by Gasteiger charge is -2.30. The van der Waals surface area contributed by atoms with Crippen molar-refractivity contribution < 1.29 is 21.6 Å². The minimum Gasteiger partial charge on any atom is -0.348 e. The van der Waals surface area contributed by atoms with Crippen LogP contribution in [0.2, 0.25) is 0 Å². The average molecular weight is 466 g/mol. The first-order valence-corrected chi connectivity index (χ1v) is 13.1. The molecule has 31 heavy (non-hydrogen) atoms. The van der Waals surface area contributed by atoms with Crippen LogP contribution in [-0.2, 0) is 26.6 Å². The summed E-state index contributed by atoms with van der Waals surface area (Å²) in [6, 6.07) is 11.8. The molecule has 0 aliphatic heterocycles. The van der Waals surface area contributed by atoms with Gasteiger partial charge in [-0.1, -0.05) is 31.4 Å². The minimum atomic E-state index is -3.82. The number of nitrogens with zero attached hydrogens (tertiary/aromatic N) is 1. The molecule has 0 atom stereocenters. The molecule has 8 nitrogen and oxygen atoms in total. The second-order valence-electron chi connectivity index (χ2n) is 7.71. The van der Waals surface area contributed by atoms with E-state index in [1.807, 2.05) is 0 Å². The van der Waals surface area contributed by atoms with Crippen molar-refractivity contribution in [2.45, 2.75) is 54.5 Å². The van der Waals surface area contributed by atoms with E-state index < -0.39 is 26.0 Å². The van der Waals surface area contributed by atoms with Crippen molar-refractivity contribution in [2.75, 3.05) is 7.05 Å². The lowest BCUT2D eigenvalue weighted by atomic mass is 9.96. The van der Waals surface area contributed by atoms with Gasteiger partial charge < -0.3 is 5.32 Å². The first-order chi connectivity index (χ1) is 14.6. The highest BCUT2D eigenvalue weighted by Crippen LogP contribution is 2.26. The molecule has 0 saturated heterocycles. The Labute approximate surface area is 183 Å². The molecule has 1 aliphatic carbocycles. The van der Waals surface area contributed by atoms with Gasteiger partial charge >= 0.3 is 0 Å². The summed E-state index contributed by atoms with van der Waals surface area (Å²) < 4.78 is 50.1. The van der Waals surface area contributed by atoms with Crippen LogP contribution in [0.1, 0.15) is 48.0 Å². The number of nitrogens with one attached hydrogen (secondary N) is 1. The largest absolute Gasteiger partial charge is 0.348 e. The van der Waals surface area contributed by atoms with Gasteiger partial charge in [0.15, 0.2) is 0 Å². The standard InChI is InChI=1S/C21H27N3O5S2/c1-24(18-7-3-2-4-8-18)31(28,29)19-12-10-17(11-13-19)21(25)23-15-16-6-5-9-20(14-16)30(22,26)27/h5-6,9-14,18H,2-4,7-8,15H2,1H3,(H,23,25)(H2,22,26,27). The molecule has 3 rings (SSSR count). The maximum absolute atomic E-state index is 12.9. The quantitative estimate of drug-likeness (QED) is 0.648. The Kier molecular flexibility index (Phi) is 7.15. The number of rotatable bonds is 7. The van der Waals surface area contributed by atoms with Gasteiger partial charge in [-0.25, -0.2) is 22.0 Å². The number of hydrogen-bond donors (Lipinski definition) is 2. The van der Waals surface area contributed by atoms with Crippen LogP contribution in [0.3, 0.4) is 0 Å². The molecule has 10 heteroatoms. The summed E-state index contributed by atoms with van der Waals surface area (Å²) in [5.41, 5.74) is 0.884. The van der Waals surface area contributed by atoms with Gasteiger partial charge in [-0.3, -0.25) is 4.79 Å². The molecule has 3 N–H and O–H groups in total. The zero-order chi connectivity index (χ0) is 22.6. The van der Waals surface area contributed by atoms with E-state index in [2.05, 4.69) is 5.32 Å². The maximum Gasteiger partial charge on any atom is 0.251 e. The van der Waals surface area contributed by atoms with Gasteiger partial charge in [0.05, 0.1) is 9.79 Å². The molecule has 168 valence electrons. The Bertz CT molecular complexity index is 1140. The third-order valence-electron chi connectivity index (χ3n) is 5.56. The van der Waals surface area contributed by atoms with Crippen LogP contribution in [0, 0.1) is 0 Å². The number of sulfonamides is 2. The highest BCUT2D eigenvalue weighted by molar-refractivity contribution is 7.89. The van der Waals surface area contributed by atoms with Gasteiger partial charge in [0.2, 0.25) is 20.0 Å². The molecule has 2 aromatic rings. The van der Waals surface area contributed by atoms with E-state index in [-0.39, 0.29) is 22.4 Å². The third kappa shape index (κ3) is 5.70. The molecule has 1 saturated carbocycles. The molecule has 0 radical (unpaired) electrons. The van der Waals surface area contributed by atoms with Crippen molar-refractivity contribution in [3.63, 3.8) is 0 Å². The van der Waals surface area contributed by atoms with Gasteiger partial charge in [-0.2, -0.15) is 4.31 Å². The van der Waals surface area contributed by atoms with Crippen LogP contribution >= 0.6 is 0 Å². The Morgan fingerprint density at radius 1 is 1.00 bits per heavy atom. The van der Waals surface area contributed by atoms with E-state index in [0.717, 1.165) is 32.1 Å². The lowest BCUT2D eigenvalue weighted by molar-refractivity contribution is 0.0950. The normalized spacial score (nSPS) is 15.7. The molecule has 2 aromatic carbocycles. The SMILES string of the molecule is CN(C1CCCCC1)S(=O)(=O)c1ccc(C(=O)NCc2cccc(S(N)(=O)=O)c2)cc1. The van der Waals surface area contributed by atoms with Crippen molar-refractivity contribution in [3.05, 3.63) is 59.7 Å². The number of hydrogen-bond acceptors (Lipinski definition) is 5. The van der Waals surface area contributed by atoms with E-state index in [4.69, 9.17) is 5.14 Å². The summed E-state index contributed by atoms with van der Waals surface area (Å²) >= 11 is 0. The molecule has 0 bridgehead atoms. The van der Waals surface area contributed by atoms with Crippen LogP contribution in [0.15, 0.2) is 58.3 Å². The van der Waals surface area contributed by atoms with Gasteiger partial charge in [0, 0.05) is 25.2 Å². The third-order valence-corrected chi connectivity index (χ3v) is 8.40. The highest BCUT2D eigenvalue weighted by Gasteiger charge is 2.29. The average Bonchev–Trinajstić information content (AvgIpc) is 2.77. The Morgan fingerprint density at radius 2 is 1.65 bits per heavy atom. The van der Waals surface area contributed by atoms with Crippen molar-refractivity contribution in [1.82, 2.24) is 9.62 Å². The second kappa shape index (κ2) is 9.47. The van der Waals surface area contributed by atoms with Gasteiger partial charge in [-0.15, -0.1) is 0 Å². The zero-order valence-corrected chi connectivity index (χ0v) is 19.0. The van der Waals surface area contributed by atoms with E-state index in [0.29, 0.717) is 11.1 Å². The molecular weight excluding hydrogens is 438 g/mol. The van der Waals surface area contributed by atoms with Crippen LogP contribution in [-0.4, -0.2) is 40.1 Å². The number of amides is 1. The molecule has 1 amide bonds. The summed E-state index contributed by atoms with van der Waals surface area (Å²) in [5.74, 6) is -0.398. The highest BCUT2D eigenvalue weighted by atomic mass is 32.2. The van der Waals surface area contributed by atoms with Crippen LogP contribution in [0.4, 0.5) is 0 Å². The first-order valence-electron chi connectivity index (χ1n) is 10.1. The van der Waals surface area contributed by atoms with Gasteiger partial charge in [0.25, 0.3) is 5.91 Å². The molecule has 0 unspecified atom stereocenters. The summed E-state index contributed by atoms with van der Waals surface area (Å²) in [7, 11) is -5.83. The summed E-state index contributed by atoms with van der Waals surface area (Å²) in [5, 5.41) is 7.82. The molecule has 0 aromatic heterocycles. The van der Waals surface area contributed by atoms with Crippen molar-refractivity contribution in [3.8, 4) is 0 Å². The molecular formula is C21H27N3O5S2. The fourth-order valence-electron chi connectivity index (χ4n) is 3.70. The number of nitrogens with two attached hydrogens (primary N) is 1. The van der Waals surface area contributed by atoms with E-state index in [1.54, 1.807) is 19.2 Å². The van der Waals surface area contributed by atoms with Gasteiger partial charge in [0.1, 0.15) is 0 Å². The van der Waals surface area contributed by atoms with Crippen LogP contribution in [0.5, 0.6) is 0 Å². The monoisotopic (exact) mass is 465 g/mol. The van der Waals surface area contributed by atoms with E-state index in [1.165, 1.54) is 40.7 Å². The van der Waals surface area contributed by atoms with Crippen molar-refractivity contribution in [1.29, 1.82) is 0 Å². The van der Waals surface area contributed by atoms with Gasteiger partial charge in [-0.05, 0) is 54.8 Å². The number of benzene rings is 2. The molecule has 0 heterocycles. The predicted octanol–water partition coefficient (Wildman–Crippen LogP) is 2.22. The lowest BCUT2D eigenvalue weighted by Crippen LogP contribution is -2.38. The van der Waals surface area contributed by atoms with E-state index in [9.17, 15) is 21.6 Å². The number of primary sulfonamides is 1. The summed E-state index contributed by atoms with van der Waals surface area (Å²) in [4.78, 5) is 12.5. The summed E-state index contributed by atoms with van der Waals surface area (Å²) in [6.45, 7) is 0.104. The fourth-order valence-corrected chi connectivity index (χ4v) is 5.70. The Morgan fingerprint density at radius 3 is 2.26 bits per heavy atom. The smallest absolute Gasteiger partial charge is 0.251 e. The van der Waals surface area contributed by atoms with E-state index >= 15 is 0 Å². The Balaban J connectivity index is 1.66. The fraction of sp³-hybridized carbons (Fsp3) is 0.381. The molecule has 1 fully saturated rings. The predicted molar refractivity (Wildman–Crippen MR) is 117 cm³/mol. The maximum atomic E-state index is 12.9. The zero-order valence-electron chi connectivity index (χ0n) is 17.3. The van der Waals surface area contributed by atoms with Crippen LogP contribution in [0.25, 0.3) is 0 Å². The topological polar surface area (TPSA) is 127 Å². The molecule has 0 spiro atoms. The van der Waals surface area contributed by atoms with Crippen molar-refractivity contribution >= 4 is 26.0 Å². The first kappa shape index (κ1) is 23.4. The van der Waals surface area contributed by atoms with Crippen molar-refractivity contribution in [2.24, 2.45) is 5.14 Å². The number of carbonyl (C=O) groups is 1. The van der Waals surface area contributed by atoms with Crippen LogP contribution < -0.4 is 10.5 Å².